The van der Waals surface area contributed by atoms with Crippen molar-refractivity contribution >= 4 is 17.3 Å². The lowest BCUT2D eigenvalue weighted by atomic mass is 10.1. The molecule has 0 atom stereocenters. The summed E-state index contributed by atoms with van der Waals surface area (Å²) in [6.45, 7) is 0.287. The van der Waals surface area contributed by atoms with E-state index >= 15 is 0 Å². The van der Waals surface area contributed by atoms with Crippen LogP contribution in [0.4, 0.5) is 23.2 Å². The molecular formula is C13H8ClF4N3O4. The summed E-state index contributed by atoms with van der Waals surface area (Å²) in [5.74, 6) is -1.17. The highest BCUT2D eigenvalue weighted by Crippen LogP contribution is 2.32. The third-order valence-electron chi connectivity index (χ3n) is 3.37. The number of nitro benzene ring substituents is 1. The highest BCUT2D eigenvalue weighted by atomic mass is 35.5. The first-order valence-electron chi connectivity index (χ1n) is 6.46. The van der Waals surface area contributed by atoms with Gasteiger partial charge >= 0.3 is 11.9 Å². The molecule has 1 N–H and O–H groups in total. The van der Waals surface area contributed by atoms with Crippen LogP contribution in [-0.4, -0.2) is 14.5 Å². The number of benzene rings is 1. The van der Waals surface area contributed by atoms with Crippen LogP contribution in [0.5, 0.6) is 0 Å². The lowest BCUT2D eigenvalue weighted by Gasteiger charge is -2.11. The standard InChI is InChI=1S/C13H8ClF4N3O4/c1-5-7(14)2-8(15)6(11(5)21(24)25)4-20-10(22)3-9(13(16,17)18)19-12(20)23/h2-3H,4H2,1H3,(H,19,23). The fraction of sp³-hybridized carbons (Fsp3) is 0.231. The van der Waals surface area contributed by atoms with Gasteiger partial charge in [-0.25, -0.2) is 9.18 Å². The Morgan fingerprint density at radius 3 is 2.40 bits per heavy atom. The SMILES string of the molecule is Cc1c(Cl)cc(F)c(Cn2c(=O)cc(C(F)(F)F)[nH]c2=O)c1[N+](=O)[O-]. The number of halogens is 5. The Morgan fingerprint density at radius 1 is 1.32 bits per heavy atom. The first-order valence-corrected chi connectivity index (χ1v) is 6.84. The summed E-state index contributed by atoms with van der Waals surface area (Å²) in [7, 11) is 0. The van der Waals surface area contributed by atoms with Gasteiger partial charge in [-0.05, 0) is 13.0 Å². The fourth-order valence-corrected chi connectivity index (χ4v) is 2.32. The molecule has 0 saturated carbocycles. The molecule has 0 spiro atoms. The number of nitrogens with one attached hydrogen (secondary N) is 1. The second kappa shape index (κ2) is 6.31. The van der Waals surface area contributed by atoms with Gasteiger partial charge in [0.25, 0.3) is 11.2 Å². The molecule has 0 aliphatic rings. The van der Waals surface area contributed by atoms with Gasteiger partial charge in [0, 0.05) is 11.6 Å². The Hall–Kier alpha value is -2.69. The Labute approximate surface area is 140 Å². The summed E-state index contributed by atoms with van der Waals surface area (Å²) in [5, 5.41) is 10.9. The highest BCUT2D eigenvalue weighted by Gasteiger charge is 2.33. The van der Waals surface area contributed by atoms with Crippen molar-refractivity contribution in [3.63, 3.8) is 0 Å². The molecule has 0 saturated heterocycles. The first-order chi connectivity index (χ1) is 11.4. The quantitative estimate of drug-likeness (QED) is 0.502. The van der Waals surface area contributed by atoms with Gasteiger partial charge in [0.2, 0.25) is 0 Å². The normalized spacial score (nSPS) is 11.6. The molecular weight excluding hydrogens is 374 g/mol. The van der Waals surface area contributed by atoms with E-state index in [-0.39, 0.29) is 21.2 Å². The van der Waals surface area contributed by atoms with Gasteiger partial charge in [-0.15, -0.1) is 0 Å². The number of nitro groups is 1. The topological polar surface area (TPSA) is 98.0 Å². The van der Waals surface area contributed by atoms with E-state index in [9.17, 15) is 37.3 Å². The van der Waals surface area contributed by atoms with Gasteiger partial charge in [0.15, 0.2) is 0 Å². The van der Waals surface area contributed by atoms with Crippen LogP contribution < -0.4 is 11.2 Å². The van der Waals surface area contributed by atoms with Crippen molar-refractivity contribution in [3.8, 4) is 0 Å². The molecule has 0 radical (unpaired) electrons. The van der Waals surface area contributed by atoms with Crippen LogP contribution in [0.3, 0.4) is 0 Å². The molecule has 0 aliphatic carbocycles. The Morgan fingerprint density at radius 2 is 1.92 bits per heavy atom. The number of hydrogen-bond donors (Lipinski definition) is 1. The number of alkyl halides is 3. The van der Waals surface area contributed by atoms with Crippen molar-refractivity contribution in [1.29, 1.82) is 0 Å². The summed E-state index contributed by atoms with van der Waals surface area (Å²) in [6.07, 6.45) is -4.97. The zero-order chi connectivity index (χ0) is 19.1. The minimum absolute atomic E-state index is 0.105. The second-order valence-electron chi connectivity index (χ2n) is 4.96. The summed E-state index contributed by atoms with van der Waals surface area (Å²) in [5.41, 5.74) is -5.99. The smallest absolute Gasteiger partial charge is 0.303 e. The Bertz CT molecular complexity index is 950. The number of hydrogen-bond acceptors (Lipinski definition) is 4. The minimum atomic E-state index is -4.97. The molecule has 7 nitrogen and oxygen atoms in total. The summed E-state index contributed by atoms with van der Waals surface area (Å²) in [6, 6.07) is 0.858. The van der Waals surface area contributed by atoms with Crippen LogP contribution in [0.25, 0.3) is 0 Å². The zero-order valence-corrected chi connectivity index (χ0v) is 13.0. The second-order valence-corrected chi connectivity index (χ2v) is 5.37. The lowest BCUT2D eigenvalue weighted by molar-refractivity contribution is -0.386. The van der Waals surface area contributed by atoms with Crippen molar-refractivity contribution in [2.24, 2.45) is 0 Å². The average Bonchev–Trinajstić information content (AvgIpc) is 2.46. The molecule has 2 aromatic rings. The predicted octanol–water partition coefficient (Wildman–Crippen LogP) is 2.61. The van der Waals surface area contributed by atoms with Gasteiger partial charge in [-0.2, -0.15) is 13.2 Å². The molecule has 1 aromatic heterocycles. The summed E-state index contributed by atoms with van der Waals surface area (Å²) >= 11 is 5.67. The summed E-state index contributed by atoms with van der Waals surface area (Å²) in [4.78, 5) is 35.2. The maximum Gasteiger partial charge on any atom is 0.431 e. The molecule has 1 aromatic carbocycles. The van der Waals surface area contributed by atoms with Gasteiger partial charge in [-0.1, -0.05) is 11.6 Å². The number of aromatic amines is 1. The number of nitrogens with zero attached hydrogens (tertiary/aromatic N) is 2. The fourth-order valence-electron chi connectivity index (χ4n) is 2.14. The molecule has 0 unspecified atom stereocenters. The van der Waals surface area contributed by atoms with E-state index in [4.69, 9.17) is 11.6 Å². The third kappa shape index (κ3) is 3.55. The number of rotatable bonds is 3. The van der Waals surface area contributed by atoms with Crippen molar-refractivity contribution < 1.29 is 22.5 Å². The molecule has 1 heterocycles. The van der Waals surface area contributed by atoms with Gasteiger partial charge in [0.1, 0.15) is 11.5 Å². The minimum Gasteiger partial charge on any atom is -0.303 e. The highest BCUT2D eigenvalue weighted by molar-refractivity contribution is 6.31. The van der Waals surface area contributed by atoms with E-state index < -0.39 is 51.7 Å². The molecule has 134 valence electrons. The van der Waals surface area contributed by atoms with Crippen molar-refractivity contribution in [2.45, 2.75) is 19.6 Å². The summed E-state index contributed by atoms with van der Waals surface area (Å²) < 4.78 is 52.0. The van der Waals surface area contributed by atoms with E-state index in [1.165, 1.54) is 11.9 Å². The first kappa shape index (κ1) is 18.6. The van der Waals surface area contributed by atoms with E-state index in [1.54, 1.807) is 0 Å². The predicted molar refractivity (Wildman–Crippen MR) is 78.2 cm³/mol. The molecule has 0 amide bonds. The van der Waals surface area contributed by atoms with E-state index in [0.717, 1.165) is 6.07 Å². The van der Waals surface area contributed by atoms with E-state index in [1.807, 2.05) is 0 Å². The number of aromatic nitrogens is 2. The van der Waals surface area contributed by atoms with Crippen LogP contribution in [-0.2, 0) is 12.7 Å². The molecule has 2 rings (SSSR count). The van der Waals surface area contributed by atoms with E-state index in [0.29, 0.717) is 0 Å². The monoisotopic (exact) mass is 381 g/mol. The number of H-pyrrole nitrogens is 1. The lowest BCUT2D eigenvalue weighted by Crippen LogP contribution is -2.37. The van der Waals surface area contributed by atoms with Crippen LogP contribution >= 0.6 is 11.6 Å². The third-order valence-corrected chi connectivity index (χ3v) is 3.76. The van der Waals surface area contributed by atoms with Crippen LogP contribution in [0.15, 0.2) is 21.7 Å². The molecule has 0 fully saturated rings. The van der Waals surface area contributed by atoms with Crippen molar-refractivity contribution in [1.82, 2.24) is 9.55 Å². The average molecular weight is 382 g/mol. The van der Waals surface area contributed by atoms with Crippen LogP contribution in [0, 0.1) is 22.9 Å². The van der Waals surface area contributed by atoms with Crippen LogP contribution in [0.2, 0.25) is 5.02 Å². The van der Waals surface area contributed by atoms with Gasteiger partial charge in [-0.3, -0.25) is 19.5 Å². The molecule has 0 aliphatic heterocycles. The zero-order valence-electron chi connectivity index (χ0n) is 12.3. The Kier molecular flexibility index (Phi) is 4.71. The van der Waals surface area contributed by atoms with Gasteiger partial charge in [0.05, 0.1) is 22.1 Å². The maximum atomic E-state index is 14.1. The molecule has 0 bridgehead atoms. The van der Waals surface area contributed by atoms with Crippen molar-refractivity contribution in [3.05, 3.63) is 70.7 Å². The van der Waals surface area contributed by atoms with Gasteiger partial charge < -0.3 is 4.98 Å². The Balaban J connectivity index is 2.67. The maximum absolute atomic E-state index is 14.1. The van der Waals surface area contributed by atoms with E-state index in [2.05, 4.69) is 0 Å². The molecule has 12 heteroatoms. The van der Waals surface area contributed by atoms with Crippen LogP contribution in [0.1, 0.15) is 16.8 Å². The molecule has 25 heavy (non-hydrogen) atoms. The van der Waals surface area contributed by atoms with Crippen molar-refractivity contribution in [2.75, 3.05) is 0 Å². The largest absolute Gasteiger partial charge is 0.431 e.